The minimum Gasteiger partial charge on any atom is -0.455 e. The molecule has 29 heteroatoms. The molecule has 0 spiro atoms. The van der Waals surface area contributed by atoms with Gasteiger partial charge in [-0.3, -0.25) is 0 Å². The largest absolute Gasteiger partial charge is 0.455 e. The van der Waals surface area contributed by atoms with Gasteiger partial charge in [-0.15, -0.1) is 0 Å². The first-order valence-electron chi connectivity index (χ1n) is 40.3. The van der Waals surface area contributed by atoms with Crippen molar-refractivity contribution in [3.05, 3.63) is 135 Å². The molecule has 15 saturated heterocycles. The Morgan fingerprint density at radius 1 is 0.348 bits per heavy atom. The van der Waals surface area contributed by atoms with Gasteiger partial charge in [-0.1, -0.05) is 78.7 Å². The molecule has 15 fully saturated rings. The smallest absolute Gasteiger partial charge is 0.300 e. The predicted molar refractivity (Wildman–Crippen MR) is 433 cm³/mol. The Morgan fingerprint density at radius 2 is 0.670 bits per heavy atom. The Kier molecular flexibility index (Phi) is 21.3. The van der Waals surface area contributed by atoms with E-state index in [4.69, 9.17) is 60.0 Å². The number of rotatable bonds is 9. The van der Waals surface area contributed by atoms with Crippen LogP contribution in [0, 0.1) is 33.5 Å². The third-order valence-electron chi connectivity index (χ3n) is 24.4. The van der Waals surface area contributed by atoms with Gasteiger partial charge in [0, 0.05) is 197 Å². The lowest BCUT2D eigenvalue weighted by Crippen LogP contribution is -2.38. The highest BCUT2D eigenvalue weighted by Crippen LogP contribution is 2.38. The zero-order valence-electron chi connectivity index (χ0n) is 64.5. The summed E-state index contributed by atoms with van der Waals surface area (Å²) in [5.41, 5.74) is 12.5. The molecule has 10 bridgehead atoms. The van der Waals surface area contributed by atoms with Gasteiger partial charge in [0.05, 0.1) is 32.8 Å². The van der Waals surface area contributed by atoms with E-state index < -0.39 is 0 Å². The van der Waals surface area contributed by atoms with E-state index in [1.165, 1.54) is 110 Å². The van der Waals surface area contributed by atoms with E-state index in [0.717, 1.165) is 149 Å². The second-order valence-corrected chi connectivity index (χ2v) is 32.1. The van der Waals surface area contributed by atoms with E-state index in [-0.39, 0.29) is 5.82 Å². The standard InChI is InChI=1S/C20H22N4O2.C20H22N4O.C15H19ClN4O.C14H17ClN4O.C14H17FN4O/c1-14-17(25-16-5-3-2-4-6-16)13-18-19(21-14)22-20(26-18)24-12-11-23-9-7-15(24)8-10-23;1-14-17(15-5-3-2-4-6-15)13-18-19(21-14)22-20(25-18)24-12-11-23-9-7-16(24)8-10-23;1-2-12-11(16)9-13-14(17-12)18-15(21-13)20-8-7-19-5-3-10(20)4-6-19;2*1-9-11(15)8-12-13(16-9)17-14(20-12)19-7-6-18-4-2-10(19)3-5-18/h2-6,13,15H,7-12H2,1H3;2-6,13,16H,7-12H2,1H3;9-10H,2-8H2,1H3;2*8,10H,2-7H2,1H3. The zero-order chi connectivity index (χ0) is 76.1. The van der Waals surface area contributed by atoms with Gasteiger partial charge in [0.1, 0.15) is 11.6 Å². The summed E-state index contributed by atoms with van der Waals surface area (Å²) in [5, 5.41) is 1.29. The van der Waals surface area contributed by atoms with Crippen LogP contribution in [0.5, 0.6) is 11.5 Å². The quantitative estimate of drug-likeness (QED) is 0.131. The summed E-state index contributed by atoms with van der Waals surface area (Å²) in [5.74, 6) is 1.15. The second kappa shape index (κ2) is 32.3. The van der Waals surface area contributed by atoms with Gasteiger partial charge < -0.3 is 75.8 Å². The second-order valence-electron chi connectivity index (χ2n) is 31.3. The van der Waals surface area contributed by atoms with Crippen molar-refractivity contribution in [3.63, 3.8) is 0 Å². The Bertz CT molecular complexity index is 5080. The maximum atomic E-state index is 13.5. The Hall–Kier alpha value is -9.35. The first kappa shape index (κ1) is 74.1. The summed E-state index contributed by atoms with van der Waals surface area (Å²) in [7, 11) is 0. The molecule has 586 valence electrons. The van der Waals surface area contributed by atoms with Crippen molar-refractivity contribution in [2.24, 2.45) is 0 Å². The SMILES string of the molecule is CCc1nc2nc(N3CCN4CCC3CC4)oc2cc1Cl.Cc1nc2nc(N3CCN4CCC3CC4)oc2cc1-c1ccccc1.Cc1nc2nc(N3CCN4CCC3CC4)oc2cc1Cl.Cc1nc2nc(N3CCN4CCC3CC4)oc2cc1F.Cc1nc2nc(N3CCN4CCC3CC4)oc2cc1Oc1ccccc1. The van der Waals surface area contributed by atoms with Crippen molar-refractivity contribution < 1.29 is 31.2 Å². The summed E-state index contributed by atoms with van der Waals surface area (Å²) in [6, 6.07) is 35.1. The molecule has 27 rings (SSSR count). The van der Waals surface area contributed by atoms with Gasteiger partial charge in [-0.25, -0.2) is 29.3 Å². The highest BCUT2D eigenvalue weighted by atomic mass is 35.5. The number of oxazole rings is 5. The number of ether oxygens (including phenoxy) is 1. The molecule has 0 unspecified atom stereocenters. The van der Waals surface area contributed by atoms with E-state index in [0.29, 0.717) is 126 Å². The van der Waals surface area contributed by atoms with Gasteiger partial charge in [0.25, 0.3) is 30.1 Å². The lowest BCUT2D eigenvalue weighted by atomic mass is 10.0. The zero-order valence-corrected chi connectivity index (χ0v) is 66.0. The summed E-state index contributed by atoms with van der Waals surface area (Å²) >= 11 is 12.3. The topological polar surface area (TPSA) is 236 Å². The number of fused-ring (bicyclic) bond motifs is 25. The first-order chi connectivity index (χ1) is 54.7. The van der Waals surface area contributed by atoms with Crippen molar-refractivity contribution in [2.45, 2.75) is 135 Å². The van der Waals surface area contributed by atoms with E-state index in [9.17, 15) is 4.39 Å². The minimum absolute atomic E-state index is 0.344. The van der Waals surface area contributed by atoms with Crippen molar-refractivity contribution in [2.75, 3.05) is 155 Å². The number of halogens is 3. The summed E-state index contributed by atoms with van der Waals surface area (Å²) in [6.07, 6.45) is 12.6. The number of anilines is 5. The molecule has 0 atom stereocenters. The number of hydrogen-bond acceptors (Lipinski definition) is 26. The van der Waals surface area contributed by atoms with Crippen molar-refractivity contribution in [1.29, 1.82) is 0 Å². The lowest BCUT2D eigenvalue weighted by Gasteiger charge is -2.30. The Balaban J connectivity index is 0.0000000982. The van der Waals surface area contributed by atoms with Gasteiger partial charge in [-0.2, -0.15) is 24.9 Å². The molecular formula is C83H97Cl2FN20O6. The first-order valence-corrected chi connectivity index (χ1v) is 41.1. The van der Waals surface area contributed by atoms with Crippen LogP contribution in [0.1, 0.15) is 99.6 Å². The maximum absolute atomic E-state index is 13.5. The predicted octanol–water partition coefficient (Wildman–Crippen LogP) is 14.2. The van der Waals surface area contributed by atoms with Crippen LogP contribution >= 0.6 is 23.2 Å². The van der Waals surface area contributed by atoms with Crippen LogP contribution in [-0.4, -0.2) is 235 Å². The fourth-order valence-electron chi connectivity index (χ4n) is 17.8. The maximum Gasteiger partial charge on any atom is 0.300 e. The van der Waals surface area contributed by atoms with E-state index in [1.54, 1.807) is 6.92 Å². The Labute approximate surface area is 660 Å². The average Bonchev–Trinajstić information content (AvgIpc) is 1.67. The van der Waals surface area contributed by atoms with Gasteiger partial charge in [0.15, 0.2) is 33.7 Å². The third-order valence-corrected chi connectivity index (χ3v) is 25.1. The number of para-hydroxylation sites is 1. The van der Waals surface area contributed by atoms with Gasteiger partial charge in [-0.05, 0) is 122 Å². The molecule has 0 aliphatic carbocycles. The molecular weight excluding hydrogens is 1460 g/mol. The number of benzene rings is 2. The third kappa shape index (κ3) is 15.8. The molecule has 25 heterocycles. The lowest BCUT2D eigenvalue weighted by molar-refractivity contribution is 0.249. The van der Waals surface area contributed by atoms with Gasteiger partial charge in [0.2, 0.25) is 28.2 Å². The normalized spacial score (nSPS) is 24.6. The number of hydrogen-bond donors (Lipinski definition) is 0. The van der Waals surface area contributed by atoms with Crippen molar-refractivity contribution in [1.82, 2.24) is 74.3 Å². The molecule has 0 radical (unpaired) electrons. The van der Waals surface area contributed by atoms with E-state index in [1.807, 2.05) is 94.4 Å². The number of aromatic nitrogens is 10. The summed E-state index contributed by atoms with van der Waals surface area (Å²) in [4.78, 5) is 69.5. The fraction of sp³-hybridized carbons (Fsp3) is 0.494. The molecule has 0 saturated carbocycles. The molecule has 0 amide bonds. The number of pyridine rings is 5. The number of nitrogens with zero attached hydrogens (tertiary/aromatic N) is 20. The summed E-state index contributed by atoms with van der Waals surface area (Å²) < 4.78 is 49.4. The van der Waals surface area contributed by atoms with Crippen LogP contribution in [-0.2, 0) is 6.42 Å². The molecule has 12 aromatic rings. The number of piperidine rings is 5. The molecule has 15 aliphatic heterocycles. The van der Waals surface area contributed by atoms with Crippen LogP contribution < -0.4 is 29.2 Å². The molecule has 2 aromatic carbocycles. The number of aryl methyl sites for hydroxylation is 5. The van der Waals surface area contributed by atoms with Crippen LogP contribution in [0.25, 0.3) is 67.3 Å². The van der Waals surface area contributed by atoms with Crippen LogP contribution in [0.15, 0.2) is 113 Å². The molecule has 26 nitrogen and oxygen atoms in total. The van der Waals surface area contributed by atoms with E-state index >= 15 is 0 Å². The van der Waals surface area contributed by atoms with Crippen molar-refractivity contribution in [3.8, 4) is 22.6 Å². The highest BCUT2D eigenvalue weighted by molar-refractivity contribution is 6.32. The Morgan fingerprint density at radius 3 is 1.06 bits per heavy atom. The summed E-state index contributed by atoms with van der Waals surface area (Å²) in [6.45, 7) is 31.5. The van der Waals surface area contributed by atoms with Crippen LogP contribution in [0.3, 0.4) is 0 Å². The molecule has 10 aromatic heterocycles. The monoisotopic (exact) mass is 1560 g/mol. The molecule has 0 N–H and O–H groups in total. The molecule has 15 aliphatic rings. The van der Waals surface area contributed by atoms with Crippen LogP contribution in [0.2, 0.25) is 10.0 Å². The average molecular weight is 1560 g/mol. The highest BCUT2D eigenvalue weighted by Gasteiger charge is 2.38. The van der Waals surface area contributed by atoms with Crippen molar-refractivity contribution >= 4 is 109 Å². The van der Waals surface area contributed by atoms with Gasteiger partial charge >= 0.3 is 0 Å². The van der Waals surface area contributed by atoms with E-state index in [2.05, 4.69) is 107 Å². The van der Waals surface area contributed by atoms with Crippen LogP contribution in [0.4, 0.5) is 34.5 Å². The fourth-order valence-corrected chi connectivity index (χ4v) is 18.2. The minimum atomic E-state index is -0.344. The molecule has 112 heavy (non-hydrogen) atoms.